The van der Waals surface area contributed by atoms with Crippen molar-refractivity contribution in [3.05, 3.63) is 70.8 Å². The van der Waals surface area contributed by atoms with Gasteiger partial charge >= 0.3 is 0 Å². The fraction of sp³-hybridized carbons (Fsp3) is 0.292. The summed E-state index contributed by atoms with van der Waals surface area (Å²) in [5, 5.41) is 8.31. The normalized spacial score (nSPS) is 14.1. The fourth-order valence-corrected chi connectivity index (χ4v) is 5.02. The lowest BCUT2D eigenvalue weighted by atomic mass is 10.2. The van der Waals surface area contributed by atoms with Crippen LogP contribution in [-0.2, 0) is 4.79 Å². The van der Waals surface area contributed by atoms with Crippen LogP contribution < -0.4 is 10.9 Å². The first kappa shape index (κ1) is 21.4. The molecule has 0 spiro atoms. The molecular weight excluding hydrogens is 436 g/mol. The monoisotopic (exact) mass is 460 g/mol. The van der Waals surface area contributed by atoms with Crippen molar-refractivity contribution in [3.63, 3.8) is 0 Å². The zero-order chi connectivity index (χ0) is 22.8. The van der Waals surface area contributed by atoms with Crippen LogP contribution >= 0.6 is 11.8 Å². The van der Waals surface area contributed by atoms with Crippen LogP contribution in [0.1, 0.15) is 37.3 Å². The second kappa shape index (κ2) is 9.19. The lowest BCUT2D eigenvalue weighted by molar-refractivity contribution is -0.113. The molecule has 5 rings (SSSR count). The van der Waals surface area contributed by atoms with Crippen molar-refractivity contribution in [2.24, 2.45) is 0 Å². The minimum atomic E-state index is -0.207. The van der Waals surface area contributed by atoms with E-state index >= 15 is 0 Å². The average Bonchev–Trinajstić information content (AvgIpc) is 3.50. The number of para-hydroxylation sites is 1. The highest BCUT2D eigenvalue weighted by Gasteiger charge is 2.21. The number of benzene rings is 1. The van der Waals surface area contributed by atoms with E-state index in [2.05, 4.69) is 20.4 Å². The van der Waals surface area contributed by atoms with Gasteiger partial charge in [-0.2, -0.15) is 5.10 Å². The summed E-state index contributed by atoms with van der Waals surface area (Å²) in [5.74, 6) is 1.12. The van der Waals surface area contributed by atoms with Gasteiger partial charge in [-0.25, -0.2) is 19.2 Å². The molecule has 1 fully saturated rings. The molecule has 1 aromatic carbocycles. The third-order valence-corrected chi connectivity index (χ3v) is 6.75. The van der Waals surface area contributed by atoms with E-state index in [0.717, 1.165) is 18.4 Å². The Morgan fingerprint density at radius 2 is 1.97 bits per heavy atom. The lowest BCUT2D eigenvalue weighted by Gasteiger charge is -2.15. The molecular formula is C24H24N6O2S. The Labute approximate surface area is 195 Å². The molecule has 9 heteroatoms. The largest absolute Gasteiger partial charge is 0.310 e. The molecule has 3 aromatic heterocycles. The van der Waals surface area contributed by atoms with Crippen molar-refractivity contribution in [1.82, 2.24) is 24.3 Å². The van der Waals surface area contributed by atoms with Gasteiger partial charge in [-0.15, -0.1) is 0 Å². The van der Waals surface area contributed by atoms with Crippen molar-refractivity contribution >= 4 is 34.4 Å². The predicted molar refractivity (Wildman–Crippen MR) is 129 cm³/mol. The van der Waals surface area contributed by atoms with Crippen LogP contribution in [0.3, 0.4) is 0 Å². The SMILES string of the molecule is Cc1ccnc(-n2c(SCC(=O)Nc3ccnn3C3CCCC3)nc3ccccc3c2=O)c1. The number of aryl methyl sites for hydroxylation is 1. The van der Waals surface area contributed by atoms with E-state index in [-0.39, 0.29) is 17.2 Å². The summed E-state index contributed by atoms with van der Waals surface area (Å²) in [5.41, 5.74) is 1.36. The maximum Gasteiger partial charge on any atom is 0.267 e. The van der Waals surface area contributed by atoms with Crippen LogP contribution in [0.5, 0.6) is 0 Å². The van der Waals surface area contributed by atoms with Gasteiger partial charge in [0.05, 0.1) is 28.9 Å². The Kier molecular flexibility index (Phi) is 5.95. The number of aromatic nitrogens is 5. The van der Waals surface area contributed by atoms with Crippen molar-refractivity contribution in [3.8, 4) is 5.82 Å². The number of anilines is 1. The quantitative estimate of drug-likeness (QED) is 0.343. The summed E-state index contributed by atoms with van der Waals surface area (Å²) in [6, 6.07) is 13.1. The highest BCUT2D eigenvalue weighted by atomic mass is 32.2. The minimum absolute atomic E-state index is 0.104. The van der Waals surface area contributed by atoms with Gasteiger partial charge in [0.1, 0.15) is 11.6 Å². The molecule has 0 unspecified atom stereocenters. The topological polar surface area (TPSA) is 94.7 Å². The molecule has 3 heterocycles. The van der Waals surface area contributed by atoms with E-state index in [9.17, 15) is 9.59 Å². The summed E-state index contributed by atoms with van der Waals surface area (Å²) in [7, 11) is 0. The minimum Gasteiger partial charge on any atom is -0.310 e. The van der Waals surface area contributed by atoms with E-state index < -0.39 is 0 Å². The number of hydrogen-bond donors (Lipinski definition) is 1. The Morgan fingerprint density at radius 3 is 2.79 bits per heavy atom. The van der Waals surface area contributed by atoms with Crippen molar-refractivity contribution in [2.75, 3.05) is 11.1 Å². The molecule has 1 aliphatic rings. The number of pyridine rings is 1. The maximum absolute atomic E-state index is 13.3. The number of hydrogen-bond acceptors (Lipinski definition) is 6. The van der Waals surface area contributed by atoms with Crippen LogP contribution in [0.15, 0.2) is 64.8 Å². The van der Waals surface area contributed by atoms with E-state index in [1.165, 1.54) is 29.2 Å². The second-order valence-corrected chi connectivity index (χ2v) is 9.12. The first-order valence-electron chi connectivity index (χ1n) is 11.0. The number of carbonyl (C=O) groups is 1. The Balaban J connectivity index is 1.42. The first-order chi connectivity index (χ1) is 16.1. The number of fused-ring (bicyclic) bond motifs is 1. The standard InChI is InChI=1S/C24H24N6O2S/c1-16-10-12-25-21(14-16)29-23(32)18-8-4-5-9-19(18)27-24(29)33-15-22(31)28-20-11-13-26-30(20)17-6-2-3-7-17/h4-5,8-14,17H,2-3,6-7,15H2,1H3,(H,28,31). The molecule has 0 saturated heterocycles. The number of nitrogens with zero attached hydrogens (tertiary/aromatic N) is 5. The van der Waals surface area contributed by atoms with Crippen LogP contribution in [-0.4, -0.2) is 36.0 Å². The van der Waals surface area contributed by atoms with E-state index in [1.54, 1.807) is 24.5 Å². The first-order valence-corrected chi connectivity index (χ1v) is 12.0. The molecule has 0 atom stereocenters. The lowest BCUT2D eigenvalue weighted by Crippen LogP contribution is -2.24. The summed E-state index contributed by atoms with van der Waals surface area (Å²) >= 11 is 1.21. The third-order valence-electron chi connectivity index (χ3n) is 5.82. The number of carbonyl (C=O) groups excluding carboxylic acids is 1. The van der Waals surface area contributed by atoms with Crippen molar-refractivity contribution in [2.45, 2.75) is 43.8 Å². The number of amides is 1. The maximum atomic E-state index is 13.3. The van der Waals surface area contributed by atoms with Gasteiger partial charge in [0.2, 0.25) is 5.91 Å². The van der Waals surface area contributed by atoms with Crippen LogP contribution in [0.4, 0.5) is 5.82 Å². The van der Waals surface area contributed by atoms with Gasteiger partial charge in [0.25, 0.3) is 5.56 Å². The molecule has 0 aliphatic heterocycles. The van der Waals surface area contributed by atoms with Crippen LogP contribution in [0.2, 0.25) is 0 Å². The van der Waals surface area contributed by atoms with Gasteiger partial charge in [0, 0.05) is 12.3 Å². The number of thioether (sulfide) groups is 1. The second-order valence-electron chi connectivity index (χ2n) is 8.18. The molecule has 1 N–H and O–H groups in total. The Bertz CT molecular complexity index is 1370. The molecule has 1 aliphatic carbocycles. The zero-order valence-electron chi connectivity index (χ0n) is 18.3. The van der Waals surface area contributed by atoms with Gasteiger partial charge in [-0.3, -0.25) is 9.59 Å². The average molecular weight is 461 g/mol. The molecule has 0 radical (unpaired) electrons. The van der Waals surface area contributed by atoms with E-state index in [0.29, 0.717) is 33.7 Å². The molecule has 0 bridgehead atoms. The fourth-order valence-electron chi connectivity index (χ4n) is 4.22. The van der Waals surface area contributed by atoms with Crippen molar-refractivity contribution in [1.29, 1.82) is 0 Å². The van der Waals surface area contributed by atoms with Crippen molar-refractivity contribution < 1.29 is 4.79 Å². The summed E-state index contributed by atoms with van der Waals surface area (Å²) in [6.07, 6.45) is 7.91. The smallest absolute Gasteiger partial charge is 0.267 e. The zero-order valence-corrected chi connectivity index (χ0v) is 19.1. The summed E-state index contributed by atoms with van der Waals surface area (Å²) in [4.78, 5) is 35.2. The van der Waals surface area contributed by atoms with Gasteiger partial charge in [-0.1, -0.05) is 36.7 Å². The summed E-state index contributed by atoms with van der Waals surface area (Å²) in [6.45, 7) is 1.94. The van der Waals surface area contributed by atoms with Gasteiger partial charge in [-0.05, 0) is 49.6 Å². The number of nitrogens with one attached hydrogen (secondary N) is 1. The number of rotatable bonds is 6. The van der Waals surface area contributed by atoms with E-state index in [1.807, 2.05) is 41.9 Å². The molecule has 4 aromatic rings. The van der Waals surface area contributed by atoms with Crippen LogP contribution in [0, 0.1) is 6.92 Å². The Morgan fingerprint density at radius 1 is 1.15 bits per heavy atom. The highest BCUT2D eigenvalue weighted by Crippen LogP contribution is 2.31. The van der Waals surface area contributed by atoms with Crippen LogP contribution in [0.25, 0.3) is 16.7 Å². The van der Waals surface area contributed by atoms with E-state index in [4.69, 9.17) is 0 Å². The molecule has 168 valence electrons. The Hall–Kier alpha value is -3.46. The van der Waals surface area contributed by atoms with Gasteiger partial charge < -0.3 is 5.32 Å². The molecule has 8 nitrogen and oxygen atoms in total. The highest BCUT2D eigenvalue weighted by molar-refractivity contribution is 7.99. The molecule has 33 heavy (non-hydrogen) atoms. The molecule has 1 amide bonds. The third kappa shape index (κ3) is 4.41. The van der Waals surface area contributed by atoms with Gasteiger partial charge in [0.15, 0.2) is 5.16 Å². The predicted octanol–water partition coefficient (Wildman–Crippen LogP) is 4.13. The molecule has 1 saturated carbocycles. The summed E-state index contributed by atoms with van der Waals surface area (Å²) < 4.78 is 3.40.